The summed E-state index contributed by atoms with van der Waals surface area (Å²) in [5.74, 6) is 0. The van der Waals surface area contributed by atoms with E-state index in [2.05, 4.69) is 11.1 Å². The van der Waals surface area contributed by atoms with Crippen molar-refractivity contribution < 1.29 is 56.2 Å². The molecule has 0 saturated carbocycles. The van der Waals surface area contributed by atoms with Gasteiger partial charge in [0.25, 0.3) is 0 Å². The minimum absolute atomic E-state index is 0. The van der Waals surface area contributed by atoms with E-state index >= 15 is 0 Å². The van der Waals surface area contributed by atoms with Crippen molar-refractivity contribution in [2.45, 2.75) is 6.92 Å². The van der Waals surface area contributed by atoms with Crippen LogP contribution < -0.4 is 57.1 Å². The predicted octanol–water partition coefficient (Wildman–Crippen LogP) is -2.54. The third-order valence-corrected chi connectivity index (χ3v) is 0.314. The molecular weight excluding hydrogens is 119 g/mol. The maximum Gasteiger partial charge on any atom is 1.00 e. The first-order valence-corrected chi connectivity index (χ1v) is 1.74. The van der Waals surface area contributed by atoms with Gasteiger partial charge in [-0.2, -0.15) is 0 Å². The van der Waals surface area contributed by atoms with Crippen LogP contribution in [0.5, 0.6) is 0 Å². The zero-order chi connectivity index (χ0) is 4.99. The van der Waals surface area contributed by atoms with Gasteiger partial charge in [0.2, 0.25) is 0 Å². The molecule has 0 rings (SSSR count). The summed E-state index contributed by atoms with van der Waals surface area (Å²) in [5.41, 5.74) is 4.60. The molecule has 36 valence electrons. The average Bonchev–Trinajstić information content (AvgIpc) is 1.35. The summed E-state index contributed by atoms with van der Waals surface area (Å²) < 4.78 is 0. The molecule has 3 nitrogen and oxygen atoms in total. The van der Waals surface area contributed by atoms with Gasteiger partial charge >= 0.3 is 51.4 Å². The average molecular weight is 126 g/mol. The zero-order valence-corrected chi connectivity index (χ0v) is 7.76. The quantitative estimate of drug-likeness (QED) is 0.387. The molecule has 2 N–H and O–H groups in total. The first-order chi connectivity index (χ1) is 2.77. The fourth-order valence-electron chi connectivity index (χ4n) is 0.156. The largest absolute Gasteiger partial charge is 1.00 e. The standard InChI is InChI=1S/C3H8N2O.K/c1-2-5-3(4)6;/h2H2,1H3,(H3,4,5,6);/q;+1/p-1. The Morgan fingerprint density at radius 1 is 1.86 bits per heavy atom. The Hall–Kier alpha value is 0.906. The Labute approximate surface area is 85.4 Å². The number of amides is 2. The number of primary amides is 1. The smallest absolute Gasteiger partial charge is 0.463 e. The summed E-state index contributed by atoms with van der Waals surface area (Å²) in [6.45, 7) is 2.24. The molecule has 0 aliphatic carbocycles. The van der Waals surface area contributed by atoms with Gasteiger partial charge in [-0.15, -0.1) is 0 Å². The van der Waals surface area contributed by atoms with E-state index in [9.17, 15) is 4.79 Å². The van der Waals surface area contributed by atoms with E-state index in [0.717, 1.165) is 0 Å². The van der Waals surface area contributed by atoms with Crippen molar-refractivity contribution >= 4 is 6.03 Å². The van der Waals surface area contributed by atoms with E-state index < -0.39 is 6.03 Å². The second kappa shape index (κ2) is 6.91. The van der Waals surface area contributed by atoms with Crippen molar-refractivity contribution in [3.63, 3.8) is 0 Å². The summed E-state index contributed by atoms with van der Waals surface area (Å²) in [7, 11) is 0. The van der Waals surface area contributed by atoms with E-state index in [1.54, 1.807) is 6.92 Å². The number of urea groups is 1. The van der Waals surface area contributed by atoms with Gasteiger partial charge in [-0.05, 0) is 0 Å². The Morgan fingerprint density at radius 2 is 2.29 bits per heavy atom. The number of nitrogens with two attached hydrogens (primary N) is 1. The molecule has 0 aliphatic heterocycles. The summed E-state index contributed by atoms with van der Waals surface area (Å²) in [6.07, 6.45) is 0. The van der Waals surface area contributed by atoms with Gasteiger partial charge < -0.3 is 11.1 Å². The van der Waals surface area contributed by atoms with Gasteiger partial charge in [0.1, 0.15) is 6.03 Å². The fourth-order valence-corrected chi connectivity index (χ4v) is 0.156. The van der Waals surface area contributed by atoms with Crippen molar-refractivity contribution in [1.82, 2.24) is 0 Å². The summed E-state index contributed by atoms with van der Waals surface area (Å²) in [6, 6.07) is -0.586. The Kier molecular flexibility index (Phi) is 10.7. The Bertz CT molecular complexity index is 56.9. The van der Waals surface area contributed by atoms with E-state index in [1.807, 2.05) is 0 Å². The van der Waals surface area contributed by atoms with Crippen molar-refractivity contribution in [3.8, 4) is 0 Å². The normalized spacial score (nSPS) is 6.43. The van der Waals surface area contributed by atoms with Gasteiger partial charge in [0.05, 0.1) is 0 Å². The Balaban J connectivity index is 0. The number of nitrogens with zero attached hydrogens (tertiary/aromatic N) is 1. The fraction of sp³-hybridized carbons (Fsp3) is 0.667. The molecule has 2 amide bonds. The van der Waals surface area contributed by atoms with Crippen molar-refractivity contribution in [1.29, 1.82) is 0 Å². The molecule has 0 radical (unpaired) electrons. The summed E-state index contributed by atoms with van der Waals surface area (Å²) in [5, 5.41) is 3.26. The number of hydrogen-bond donors (Lipinski definition) is 1. The molecule has 0 saturated heterocycles. The van der Waals surface area contributed by atoms with Crippen LogP contribution >= 0.6 is 0 Å². The first-order valence-electron chi connectivity index (χ1n) is 1.74. The van der Waals surface area contributed by atoms with Gasteiger partial charge in [-0.25, -0.2) is 0 Å². The SMILES string of the molecule is CC[N-]C(N)=O.[K+]. The minimum atomic E-state index is -0.586. The van der Waals surface area contributed by atoms with Crippen LogP contribution in [0.3, 0.4) is 0 Å². The third-order valence-electron chi connectivity index (χ3n) is 0.314. The van der Waals surface area contributed by atoms with E-state index in [-0.39, 0.29) is 51.4 Å². The Morgan fingerprint density at radius 3 is 2.29 bits per heavy atom. The third kappa shape index (κ3) is 10.9. The van der Waals surface area contributed by atoms with Crippen LogP contribution in [0.4, 0.5) is 4.79 Å². The number of hydrogen-bond acceptors (Lipinski definition) is 1. The van der Waals surface area contributed by atoms with Crippen molar-refractivity contribution in [2.75, 3.05) is 6.54 Å². The van der Waals surface area contributed by atoms with Crippen LogP contribution in [0.15, 0.2) is 0 Å². The van der Waals surface area contributed by atoms with Crippen LogP contribution in [-0.2, 0) is 0 Å². The molecule has 0 spiro atoms. The van der Waals surface area contributed by atoms with Gasteiger partial charge in [0, 0.05) is 0 Å². The second-order valence-electron chi connectivity index (χ2n) is 0.813. The molecule has 0 fully saturated rings. The topological polar surface area (TPSA) is 57.2 Å². The molecule has 0 aromatic carbocycles. The minimum Gasteiger partial charge on any atom is -0.463 e. The monoisotopic (exact) mass is 126 g/mol. The molecule has 7 heavy (non-hydrogen) atoms. The molecule has 0 heterocycles. The van der Waals surface area contributed by atoms with Crippen LogP contribution in [0.25, 0.3) is 5.32 Å². The number of carbonyl (C=O) groups is 1. The van der Waals surface area contributed by atoms with Gasteiger partial charge in [-0.3, -0.25) is 4.79 Å². The predicted molar refractivity (Wildman–Crippen MR) is 23.5 cm³/mol. The molecule has 0 aromatic heterocycles. The van der Waals surface area contributed by atoms with Gasteiger partial charge in [-0.1, -0.05) is 13.5 Å². The molecule has 0 bridgehead atoms. The summed E-state index contributed by atoms with van der Waals surface area (Å²) in [4.78, 5) is 9.65. The van der Waals surface area contributed by atoms with Crippen LogP contribution in [0, 0.1) is 0 Å². The van der Waals surface area contributed by atoms with Crippen molar-refractivity contribution in [3.05, 3.63) is 5.32 Å². The first kappa shape index (κ1) is 10.8. The van der Waals surface area contributed by atoms with Crippen molar-refractivity contribution in [2.24, 2.45) is 5.73 Å². The van der Waals surface area contributed by atoms with E-state index in [1.165, 1.54) is 0 Å². The molecule has 0 aliphatic rings. The van der Waals surface area contributed by atoms with Crippen LogP contribution in [0.2, 0.25) is 0 Å². The van der Waals surface area contributed by atoms with Crippen LogP contribution in [-0.4, -0.2) is 12.6 Å². The van der Waals surface area contributed by atoms with Crippen LogP contribution in [0.1, 0.15) is 6.92 Å². The molecule has 4 heteroatoms. The van der Waals surface area contributed by atoms with E-state index in [0.29, 0.717) is 6.54 Å². The zero-order valence-electron chi connectivity index (χ0n) is 4.64. The maximum absolute atomic E-state index is 9.65. The van der Waals surface area contributed by atoms with Gasteiger partial charge in [0.15, 0.2) is 0 Å². The van der Waals surface area contributed by atoms with E-state index in [4.69, 9.17) is 0 Å². The molecular formula is C3H7KN2O. The number of carbonyl (C=O) groups excluding carboxylic acids is 1. The molecule has 0 aromatic rings. The molecule has 0 unspecified atom stereocenters. The maximum atomic E-state index is 9.65. The summed E-state index contributed by atoms with van der Waals surface area (Å²) >= 11 is 0. The number of rotatable bonds is 1. The second-order valence-corrected chi connectivity index (χ2v) is 0.813. The molecule has 0 atom stereocenters.